The van der Waals surface area contributed by atoms with E-state index in [2.05, 4.69) is 5.43 Å². The molecule has 8 nitrogen and oxygen atoms in total. The maximum absolute atomic E-state index is 15.2. The van der Waals surface area contributed by atoms with E-state index in [1.54, 1.807) is 73.7 Å². The molecule has 252 valence electrons. The zero-order valence-corrected chi connectivity index (χ0v) is 28.2. The first-order valence-electron chi connectivity index (χ1n) is 16.3. The fourth-order valence-electron chi connectivity index (χ4n) is 8.76. The van der Waals surface area contributed by atoms with Crippen molar-refractivity contribution in [2.75, 3.05) is 10.3 Å². The summed E-state index contributed by atoms with van der Waals surface area (Å²) in [6.45, 7) is 1.75. The molecule has 2 aliphatic carbocycles. The van der Waals surface area contributed by atoms with Gasteiger partial charge in [0.15, 0.2) is 0 Å². The number of anilines is 2. The van der Waals surface area contributed by atoms with Crippen molar-refractivity contribution in [2.24, 2.45) is 23.7 Å². The van der Waals surface area contributed by atoms with Crippen molar-refractivity contribution in [3.63, 3.8) is 0 Å². The molecule has 2 aliphatic heterocycles. The predicted octanol–water partition coefficient (Wildman–Crippen LogP) is 7.34. The second-order valence-electron chi connectivity index (χ2n) is 13.4. The maximum atomic E-state index is 15.2. The Hall–Kier alpha value is -4.99. The molecule has 4 aromatic rings. The molecule has 2 heterocycles. The number of carbonyl (C=O) groups is 4. The van der Waals surface area contributed by atoms with Gasteiger partial charge in [0.1, 0.15) is 11.6 Å². The molecule has 11 heteroatoms. The third-order valence-corrected chi connectivity index (χ3v) is 11.4. The Labute approximate surface area is 297 Å². The number of para-hydroxylation sites is 1. The number of aromatic hydroxyl groups is 1. The lowest BCUT2D eigenvalue weighted by Gasteiger charge is -2.50. The van der Waals surface area contributed by atoms with E-state index < -0.39 is 52.6 Å². The fraction of sp³-hybridized carbons (Fsp3) is 0.231. The van der Waals surface area contributed by atoms with Gasteiger partial charge in [-0.15, -0.1) is 0 Å². The Morgan fingerprint density at radius 2 is 1.48 bits per heavy atom. The number of allylic oxidation sites excluding steroid dienone is 2. The van der Waals surface area contributed by atoms with E-state index in [9.17, 15) is 23.9 Å². The van der Waals surface area contributed by atoms with Crippen LogP contribution in [-0.4, -0.2) is 33.7 Å². The summed E-state index contributed by atoms with van der Waals surface area (Å²) in [5.74, 6) is -6.37. The lowest BCUT2D eigenvalue weighted by molar-refractivity contribution is -0.138. The van der Waals surface area contributed by atoms with Gasteiger partial charge in [0.25, 0.3) is 11.8 Å². The quantitative estimate of drug-likeness (QED) is 0.166. The second kappa shape index (κ2) is 11.8. The molecule has 6 atom stereocenters. The largest absolute Gasteiger partial charge is 0.507 e. The van der Waals surface area contributed by atoms with E-state index in [0.29, 0.717) is 43.7 Å². The monoisotopic (exact) mass is 709 g/mol. The number of fused-ring (bicyclic) bond motifs is 4. The van der Waals surface area contributed by atoms with Gasteiger partial charge in [0.05, 0.1) is 34.5 Å². The molecule has 0 bridgehead atoms. The molecule has 50 heavy (non-hydrogen) atoms. The number of hydrogen-bond donors (Lipinski definition) is 2. The van der Waals surface area contributed by atoms with Gasteiger partial charge in [-0.2, -0.15) is 5.01 Å². The highest BCUT2D eigenvalue weighted by atomic mass is 35.5. The van der Waals surface area contributed by atoms with Crippen molar-refractivity contribution in [3.8, 4) is 5.75 Å². The van der Waals surface area contributed by atoms with Crippen LogP contribution in [0, 0.1) is 36.4 Å². The Kier molecular flexibility index (Phi) is 7.62. The highest BCUT2D eigenvalue weighted by molar-refractivity contribution is 6.31. The minimum atomic E-state index is -1.59. The van der Waals surface area contributed by atoms with Crippen LogP contribution in [-0.2, 0) is 24.6 Å². The third kappa shape index (κ3) is 4.63. The molecule has 3 fully saturated rings. The number of amides is 4. The van der Waals surface area contributed by atoms with Crippen LogP contribution in [0.5, 0.6) is 5.75 Å². The van der Waals surface area contributed by atoms with E-state index in [-0.39, 0.29) is 30.4 Å². The number of hydrogen-bond acceptors (Lipinski definition) is 6. The molecular weight excluding hydrogens is 680 g/mol. The molecule has 1 saturated carbocycles. The van der Waals surface area contributed by atoms with Crippen molar-refractivity contribution < 1.29 is 28.7 Å². The lowest BCUT2D eigenvalue weighted by atomic mass is 9.49. The molecule has 2 N–H and O–H groups in total. The zero-order valence-electron chi connectivity index (χ0n) is 26.6. The van der Waals surface area contributed by atoms with Gasteiger partial charge in [-0.3, -0.25) is 29.5 Å². The van der Waals surface area contributed by atoms with Gasteiger partial charge in [0.2, 0.25) is 11.8 Å². The zero-order chi connectivity index (χ0) is 35.1. The number of imide groups is 2. The van der Waals surface area contributed by atoms with Crippen LogP contribution < -0.4 is 10.3 Å². The van der Waals surface area contributed by atoms with Crippen LogP contribution in [0.1, 0.15) is 35.4 Å². The average Bonchev–Trinajstić information content (AvgIpc) is 3.48. The summed E-state index contributed by atoms with van der Waals surface area (Å²) >= 11 is 12.5. The SMILES string of the molecule is Cc1cccc([C@H]2C3=CC[C@@H]4C(=O)N(c5ccc(Cl)cc5)C(=O)[C@@H]4[C@@H]3C[C@H]3C(=O)N(Nc4ccc(F)cc4)C(=O)[C@@]23c2ccc(Cl)cc2)c1O. The standard InChI is InChI=1S/C39H30Cl2FN3O5/c1-20-3-2-4-29(34(20)46)33-27-17-18-28-32(37(49)44(35(28)47)26-15-9-23(41)10-16-26)30(27)19-31-36(48)45(43-25-13-11-24(42)12-14-25)38(50)39(31,33)21-5-7-22(40)8-6-21/h2-17,28,30-33,43,46H,18-19H2,1H3/t28-,30+,31-,32-,33+,39+/m0/s1. The molecule has 2 saturated heterocycles. The number of phenolic OH excluding ortho intramolecular Hbond substituents is 1. The summed E-state index contributed by atoms with van der Waals surface area (Å²) in [5, 5.41) is 13.6. The smallest absolute Gasteiger partial charge is 0.260 e. The summed E-state index contributed by atoms with van der Waals surface area (Å²) in [7, 11) is 0. The first kappa shape index (κ1) is 32.2. The van der Waals surface area contributed by atoms with E-state index in [0.717, 1.165) is 5.01 Å². The molecule has 4 aromatic carbocycles. The van der Waals surface area contributed by atoms with Crippen LogP contribution >= 0.6 is 23.2 Å². The average molecular weight is 711 g/mol. The molecule has 4 amide bonds. The van der Waals surface area contributed by atoms with Crippen LogP contribution in [0.4, 0.5) is 15.8 Å². The van der Waals surface area contributed by atoms with Gasteiger partial charge in [-0.25, -0.2) is 4.39 Å². The number of nitrogens with zero attached hydrogens (tertiary/aromatic N) is 2. The fourth-order valence-corrected chi connectivity index (χ4v) is 9.01. The molecular formula is C39H30Cl2FN3O5. The van der Waals surface area contributed by atoms with E-state index in [1.165, 1.54) is 29.2 Å². The first-order chi connectivity index (χ1) is 24.0. The van der Waals surface area contributed by atoms with E-state index in [1.807, 2.05) is 6.08 Å². The number of halogens is 3. The molecule has 0 radical (unpaired) electrons. The van der Waals surface area contributed by atoms with Crippen molar-refractivity contribution in [2.45, 2.75) is 31.1 Å². The third-order valence-electron chi connectivity index (χ3n) is 10.9. The van der Waals surface area contributed by atoms with Gasteiger partial charge in [0, 0.05) is 21.5 Å². The Bertz CT molecular complexity index is 2120. The number of rotatable bonds is 5. The summed E-state index contributed by atoms with van der Waals surface area (Å²) in [4.78, 5) is 59.4. The van der Waals surface area contributed by atoms with Crippen molar-refractivity contribution in [3.05, 3.63) is 135 Å². The Morgan fingerprint density at radius 1 is 0.820 bits per heavy atom. The van der Waals surface area contributed by atoms with Gasteiger partial charge in [-0.1, -0.05) is 65.2 Å². The number of hydrazine groups is 1. The Morgan fingerprint density at radius 3 is 2.16 bits per heavy atom. The van der Waals surface area contributed by atoms with Crippen molar-refractivity contribution in [1.82, 2.24) is 5.01 Å². The van der Waals surface area contributed by atoms with E-state index in [4.69, 9.17) is 23.2 Å². The number of carbonyl (C=O) groups excluding carboxylic acids is 4. The minimum Gasteiger partial charge on any atom is -0.507 e. The first-order valence-corrected chi connectivity index (χ1v) is 17.1. The van der Waals surface area contributed by atoms with Gasteiger partial charge >= 0.3 is 0 Å². The molecule has 4 aliphatic rings. The van der Waals surface area contributed by atoms with Crippen LogP contribution in [0.2, 0.25) is 10.0 Å². The highest BCUT2D eigenvalue weighted by Crippen LogP contribution is 2.65. The van der Waals surface area contributed by atoms with Crippen LogP contribution in [0.15, 0.2) is 103 Å². The molecule has 8 rings (SSSR count). The summed E-state index contributed by atoms with van der Waals surface area (Å²) in [5.41, 5.74) is 4.28. The topological polar surface area (TPSA) is 107 Å². The Balaban J connectivity index is 1.33. The summed E-state index contributed by atoms with van der Waals surface area (Å²) < 4.78 is 13.8. The number of benzene rings is 4. The summed E-state index contributed by atoms with van der Waals surface area (Å²) in [6.07, 6.45) is 2.24. The van der Waals surface area contributed by atoms with Gasteiger partial charge < -0.3 is 5.11 Å². The molecule has 0 unspecified atom stereocenters. The lowest BCUT2D eigenvalue weighted by Crippen LogP contribution is -2.53. The molecule has 0 spiro atoms. The number of phenols is 1. The second-order valence-corrected chi connectivity index (χ2v) is 14.2. The highest BCUT2D eigenvalue weighted by Gasteiger charge is 2.70. The van der Waals surface area contributed by atoms with Crippen molar-refractivity contribution in [1.29, 1.82) is 0 Å². The number of nitrogens with one attached hydrogen (secondary N) is 1. The van der Waals surface area contributed by atoms with E-state index >= 15 is 4.79 Å². The van der Waals surface area contributed by atoms with Crippen LogP contribution in [0.3, 0.4) is 0 Å². The normalized spacial score (nSPS) is 27.2. The number of aryl methyl sites for hydroxylation is 1. The molecule has 0 aromatic heterocycles. The predicted molar refractivity (Wildman–Crippen MR) is 186 cm³/mol. The van der Waals surface area contributed by atoms with Crippen LogP contribution in [0.25, 0.3) is 0 Å². The summed E-state index contributed by atoms with van der Waals surface area (Å²) in [6, 6.07) is 23.8. The van der Waals surface area contributed by atoms with Crippen molar-refractivity contribution >= 4 is 58.2 Å². The van der Waals surface area contributed by atoms with Gasteiger partial charge in [-0.05, 0) is 97.5 Å². The maximum Gasteiger partial charge on any atom is 0.260 e. The minimum absolute atomic E-state index is 0.0323.